The number of hydrogen-bond donors (Lipinski definition) is 6. The number of nitrogens with one attached hydrogen (secondary N) is 6. The number of nitrogens with zero attached hydrogens (tertiary/aromatic N) is 1. The third-order valence-electron chi connectivity index (χ3n) is 11.7. The van der Waals surface area contributed by atoms with Gasteiger partial charge in [0.1, 0.15) is 17.9 Å². The minimum absolute atomic E-state index is 0.0199. The zero-order chi connectivity index (χ0) is 44.8. The van der Waals surface area contributed by atoms with Crippen molar-refractivity contribution in [3.05, 3.63) is 131 Å². The number of ketones is 1. The number of amides is 6. The summed E-state index contributed by atoms with van der Waals surface area (Å²) in [7, 11) is 0. The third kappa shape index (κ3) is 12.4. The van der Waals surface area contributed by atoms with E-state index < -0.39 is 24.1 Å². The SMILES string of the molecule is C[C@H](NC(=O)Cc1cccc(C(=O)c2ccccc2)c1)C(=O)N[C@@H]1CN(CC(=O)NCCCCCNC(=O)CCC[C@@H]2SC[C@@H]3NC(=O)N[C@@H]32)c2ccccc2O[C@@H]1c1ccccc1. The van der Waals surface area contributed by atoms with E-state index in [1.54, 1.807) is 55.5 Å². The third-order valence-corrected chi connectivity index (χ3v) is 13.2. The number of fused-ring (bicyclic) bond motifs is 2. The first kappa shape index (κ1) is 45.7. The zero-order valence-electron chi connectivity index (χ0n) is 36.1. The molecule has 4 aromatic rings. The summed E-state index contributed by atoms with van der Waals surface area (Å²) in [6, 6.07) is 31.6. The molecule has 4 aromatic carbocycles. The standard InChI is InChI=1S/C49H57N7O7S/c1-32(52-43(58)28-33-15-13-20-36(27-33)46(60)34-16-5-2-6-17-34)48(61)53-37-29-56(39-21-9-10-22-40(39)63-47(37)35-18-7-3-8-19-35)30-44(59)51-26-12-4-11-25-50-42(57)24-14-23-41-45-38(31-64-41)54-49(62)55-45/h2-3,5-10,13,15-22,27,32,37-38,41,45,47H,4,11-12,14,23-26,28-31H2,1H3,(H,50,57)(H,51,59)(H,52,58)(H,53,61)(H2,54,55,62)/t32-,37+,38-,41-,45-,47+/m0/s1. The summed E-state index contributed by atoms with van der Waals surface area (Å²) in [5.74, 6) is 0.398. The first-order valence-corrected chi connectivity index (χ1v) is 23.2. The van der Waals surface area contributed by atoms with E-state index in [9.17, 15) is 28.8 Å². The van der Waals surface area contributed by atoms with E-state index in [0.717, 1.165) is 43.4 Å². The Labute approximate surface area is 378 Å². The van der Waals surface area contributed by atoms with Crippen LogP contribution >= 0.6 is 11.8 Å². The van der Waals surface area contributed by atoms with Crippen molar-refractivity contribution < 1.29 is 33.5 Å². The summed E-state index contributed by atoms with van der Waals surface area (Å²) in [5.41, 5.74) is 3.23. The van der Waals surface area contributed by atoms with Crippen molar-refractivity contribution in [2.75, 3.05) is 36.8 Å². The maximum atomic E-state index is 13.9. The average molecular weight is 888 g/mol. The van der Waals surface area contributed by atoms with Crippen LogP contribution in [0.1, 0.15) is 78.6 Å². The molecule has 336 valence electrons. The molecule has 2 saturated heterocycles. The molecule has 0 aliphatic carbocycles. The number of carbonyl (C=O) groups is 6. The zero-order valence-corrected chi connectivity index (χ0v) is 36.9. The van der Waals surface area contributed by atoms with Gasteiger partial charge in [0.2, 0.25) is 23.6 Å². The van der Waals surface area contributed by atoms with E-state index in [0.29, 0.717) is 52.9 Å². The summed E-state index contributed by atoms with van der Waals surface area (Å²) in [6.07, 6.45) is 3.86. The molecule has 2 fully saturated rings. The van der Waals surface area contributed by atoms with Crippen molar-refractivity contribution in [1.29, 1.82) is 0 Å². The van der Waals surface area contributed by atoms with Gasteiger partial charge in [-0.25, -0.2) is 4.79 Å². The van der Waals surface area contributed by atoms with E-state index >= 15 is 0 Å². The lowest BCUT2D eigenvalue weighted by Crippen LogP contribution is -2.54. The highest BCUT2D eigenvalue weighted by Gasteiger charge is 2.42. The molecule has 0 radical (unpaired) electrons. The number of anilines is 1. The van der Waals surface area contributed by atoms with Gasteiger partial charge in [0.15, 0.2) is 5.78 Å². The van der Waals surface area contributed by atoms with Gasteiger partial charge in [0.05, 0.1) is 36.8 Å². The molecule has 0 aromatic heterocycles. The number of ether oxygens (including phenoxy) is 1. The van der Waals surface area contributed by atoms with Crippen LogP contribution in [0.15, 0.2) is 109 Å². The molecule has 3 aliphatic heterocycles. The largest absolute Gasteiger partial charge is 0.481 e. The fourth-order valence-corrected chi connectivity index (χ4v) is 9.96. The van der Waals surface area contributed by atoms with E-state index in [4.69, 9.17) is 4.74 Å². The van der Waals surface area contributed by atoms with E-state index in [2.05, 4.69) is 31.9 Å². The number of unbranched alkanes of at least 4 members (excludes halogenated alkanes) is 2. The molecule has 3 aliphatic rings. The monoisotopic (exact) mass is 887 g/mol. The second-order valence-corrected chi connectivity index (χ2v) is 17.8. The molecule has 7 rings (SSSR count). The topological polar surface area (TPSA) is 187 Å². The molecular weight excluding hydrogens is 831 g/mol. The molecule has 14 nitrogen and oxygen atoms in total. The first-order valence-electron chi connectivity index (χ1n) is 22.2. The smallest absolute Gasteiger partial charge is 0.315 e. The second kappa shape index (κ2) is 22.3. The van der Waals surface area contributed by atoms with Gasteiger partial charge in [-0.05, 0) is 68.4 Å². The van der Waals surface area contributed by atoms with Gasteiger partial charge >= 0.3 is 6.03 Å². The van der Waals surface area contributed by atoms with Crippen LogP contribution < -0.4 is 41.5 Å². The number of thioether (sulfide) groups is 1. The maximum Gasteiger partial charge on any atom is 0.315 e. The van der Waals surface area contributed by atoms with Crippen LogP contribution in [-0.4, -0.2) is 96.8 Å². The fraction of sp³-hybridized carbons (Fsp3) is 0.388. The minimum Gasteiger partial charge on any atom is -0.481 e. The number of urea groups is 1. The summed E-state index contributed by atoms with van der Waals surface area (Å²) < 4.78 is 6.64. The van der Waals surface area contributed by atoms with Crippen LogP contribution in [0.4, 0.5) is 10.5 Å². The molecule has 0 spiro atoms. The highest BCUT2D eigenvalue weighted by molar-refractivity contribution is 8.00. The summed E-state index contributed by atoms with van der Waals surface area (Å²) >= 11 is 1.85. The summed E-state index contributed by atoms with van der Waals surface area (Å²) in [4.78, 5) is 79.5. The Kier molecular flexibility index (Phi) is 15.9. The Morgan fingerprint density at radius 3 is 2.27 bits per heavy atom. The van der Waals surface area contributed by atoms with Crippen molar-refractivity contribution in [2.45, 2.75) is 87.4 Å². The normalized spacial score (nSPS) is 20.2. The lowest BCUT2D eigenvalue weighted by atomic mass is 10.00. The Morgan fingerprint density at radius 1 is 0.781 bits per heavy atom. The van der Waals surface area contributed by atoms with Gasteiger partial charge in [0, 0.05) is 48.2 Å². The number of carbonyl (C=O) groups excluding carboxylic acids is 6. The molecule has 15 heteroatoms. The van der Waals surface area contributed by atoms with Crippen LogP contribution in [0.5, 0.6) is 5.75 Å². The lowest BCUT2D eigenvalue weighted by molar-refractivity contribution is -0.129. The maximum absolute atomic E-state index is 13.9. The Balaban J connectivity index is 0.883. The highest BCUT2D eigenvalue weighted by atomic mass is 32.2. The molecule has 0 bridgehead atoms. The minimum atomic E-state index is -0.904. The molecule has 0 saturated carbocycles. The Bertz CT molecular complexity index is 2260. The van der Waals surface area contributed by atoms with Crippen LogP contribution in [0.25, 0.3) is 0 Å². The molecule has 64 heavy (non-hydrogen) atoms. The van der Waals surface area contributed by atoms with Crippen LogP contribution in [-0.2, 0) is 25.6 Å². The van der Waals surface area contributed by atoms with Gasteiger partial charge in [-0.2, -0.15) is 11.8 Å². The van der Waals surface area contributed by atoms with E-state index in [-0.39, 0.29) is 61.1 Å². The van der Waals surface area contributed by atoms with Crippen molar-refractivity contribution >= 4 is 52.9 Å². The molecule has 6 amide bonds. The number of hydrogen-bond acceptors (Lipinski definition) is 9. The average Bonchev–Trinajstić information content (AvgIpc) is 3.81. The molecule has 0 unspecified atom stereocenters. The summed E-state index contributed by atoms with van der Waals surface area (Å²) in [5, 5.41) is 18.3. The van der Waals surface area contributed by atoms with Crippen molar-refractivity contribution in [3.8, 4) is 5.75 Å². The van der Waals surface area contributed by atoms with Crippen molar-refractivity contribution in [3.63, 3.8) is 0 Å². The lowest BCUT2D eigenvalue weighted by Gasteiger charge is -2.30. The predicted molar refractivity (Wildman–Crippen MR) is 247 cm³/mol. The first-order chi connectivity index (χ1) is 31.1. The number of benzene rings is 4. The number of para-hydroxylation sites is 2. The summed E-state index contributed by atoms with van der Waals surface area (Å²) in [6.45, 7) is 2.93. The second-order valence-electron chi connectivity index (χ2n) is 16.5. The molecular formula is C49H57N7O7S. The van der Waals surface area contributed by atoms with Gasteiger partial charge in [-0.3, -0.25) is 24.0 Å². The van der Waals surface area contributed by atoms with Gasteiger partial charge < -0.3 is 41.5 Å². The Morgan fingerprint density at radius 2 is 1.48 bits per heavy atom. The van der Waals surface area contributed by atoms with Gasteiger partial charge in [0.25, 0.3) is 0 Å². The predicted octanol–water partition coefficient (Wildman–Crippen LogP) is 4.83. The molecule has 6 N–H and O–H groups in total. The quantitative estimate of drug-likeness (QED) is 0.0411. The number of rotatable bonds is 20. The van der Waals surface area contributed by atoms with Crippen LogP contribution in [0.3, 0.4) is 0 Å². The molecule has 6 atom stereocenters. The van der Waals surface area contributed by atoms with Crippen LogP contribution in [0.2, 0.25) is 0 Å². The van der Waals surface area contributed by atoms with E-state index in [1.807, 2.05) is 77.3 Å². The highest BCUT2D eigenvalue weighted by Crippen LogP contribution is 2.37. The Hall–Kier alpha value is -6.35. The van der Waals surface area contributed by atoms with E-state index in [1.165, 1.54) is 0 Å². The van der Waals surface area contributed by atoms with Crippen molar-refractivity contribution in [1.82, 2.24) is 31.9 Å². The molecule has 3 heterocycles. The van der Waals surface area contributed by atoms with Gasteiger partial charge in [-0.1, -0.05) is 91.0 Å². The fourth-order valence-electron chi connectivity index (χ4n) is 8.42. The van der Waals surface area contributed by atoms with Crippen LogP contribution in [0, 0.1) is 0 Å². The van der Waals surface area contributed by atoms with Crippen molar-refractivity contribution in [2.24, 2.45) is 0 Å². The van der Waals surface area contributed by atoms with Gasteiger partial charge in [-0.15, -0.1) is 0 Å².